The Labute approximate surface area is 68.8 Å². The van der Waals surface area contributed by atoms with Crippen LogP contribution in [0.25, 0.3) is 0 Å². The summed E-state index contributed by atoms with van der Waals surface area (Å²) >= 11 is 1.19. The molecule has 11 heavy (non-hydrogen) atoms. The zero-order chi connectivity index (χ0) is 7.84. The minimum Gasteiger partial charge on any atom is -0.302 e. The highest BCUT2D eigenvalue weighted by atomic mass is 32.2. The number of nitrogens with zero attached hydrogens (tertiary/aromatic N) is 1. The fraction of sp³-hybridized carbons (Fsp3) is 0.571. The first-order chi connectivity index (χ1) is 5.27. The third kappa shape index (κ3) is 1.35. The van der Waals surface area contributed by atoms with Gasteiger partial charge in [0.25, 0.3) is 0 Å². The number of carbonyl (C=O) groups excluding carboxylic acids is 1. The van der Waals surface area contributed by atoms with Gasteiger partial charge in [-0.3, -0.25) is 9.79 Å². The van der Waals surface area contributed by atoms with E-state index in [1.807, 2.05) is 0 Å². The summed E-state index contributed by atoms with van der Waals surface area (Å²) in [6.07, 6.45) is 2.18. The van der Waals surface area contributed by atoms with Crippen LogP contribution in [0.1, 0.15) is 12.8 Å². The van der Waals surface area contributed by atoms with E-state index in [2.05, 4.69) is 4.99 Å². The van der Waals surface area contributed by atoms with E-state index >= 15 is 0 Å². The maximum Gasteiger partial charge on any atom is 0.239 e. The van der Waals surface area contributed by atoms with E-state index in [9.17, 15) is 4.79 Å². The molecule has 0 atom stereocenters. The predicted molar refractivity (Wildman–Crippen MR) is 45.6 cm³/mol. The fourth-order valence-electron chi connectivity index (χ4n) is 0.914. The van der Waals surface area contributed by atoms with Gasteiger partial charge in [-0.25, -0.2) is 0 Å². The van der Waals surface area contributed by atoms with E-state index in [0.29, 0.717) is 23.2 Å². The summed E-state index contributed by atoms with van der Waals surface area (Å²) in [5.74, 6) is 0.518. The maximum absolute atomic E-state index is 11.0. The predicted octanol–water partition coefficient (Wildman–Crippen LogP) is 0.883. The number of hydrogen-bond acceptors (Lipinski definition) is 4. The minimum atomic E-state index is -0.0121. The van der Waals surface area contributed by atoms with Crippen molar-refractivity contribution in [1.29, 1.82) is 5.41 Å². The Bertz CT molecular complexity index is 237. The van der Waals surface area contributed by atoms with Crippen molar-refractivity contribution in [2.45, 2.75) is 18.9 Å². The van der Waals surface area contributed by atoms with Crippen LogP contribution in [0.5, 0.6) is 0 Å². The molecule has 1 N–H and O–H groups in total. The van der Waals surface area contributed by atoms with Crippen LogP contribution in [0.2, 0.25) is 0 Å². The van der Waals surface area contributed by atoms with Gasteiger partial charge in [0.15, 0.2) is 0 Å². The first kappa shape index (κ1) is 7.03. The van der Waals surface area contributed by atoms with Crippen molar-refractivity contribution in [2.24, 2.45) is 4.99 Å². The van der Waals surface area contributed by atoms with Crippen molar-refractivity contribution in [1.82, 2.24) is 0 Å². The summed E-state index contributed by atoms with van der Waals surface area (Å²) in [4.78, 5) is 15.2. The Morgan fingerprint density at radius 2 is 2.27 bits per heavy atom. The topological polar surface area (TPSA) is 53.3 Å². The quantitative estimate of drug-likeness (QED) is 0.632. The van der Waals surface area contributed by atoms with Crippen LogP contribution in [-0.4, -0.2) is 28.3 Å². The number of hydrogen-bond donors (Lipinski definition) is 1. The minimum absolute atomic E-state index is 0.0121. The third-order valence-electron chi connectivity index (χ3n) is 1.69. The monoisotopic (exact) mass is 168 g/mol. The summed E-state index contributed by atoms with van der Waals surface area (Å²) in [5, 5.41) is 7.37. The summed E-state index contributed by atoms with van der Waals surface area (Å²) in [6.45, 7) is 0. The van der Waals surface area contributed by atoms with Gasteiger partial charge >= 0.3 is 0 Å². The zero-order valence-electron chi connectivity index (χ0n) is 5.96. The number of rotatable bonds is 1. The first-order valence-corrected chi connectivity index (χ1v) is 4.58. The molecule has 0 unspecified atom stereocenters. The van der Waals surface area contributed by atoms with Crippen LogP contribution in [-0.2, 0) is 4.79 Å². The molecular formula is C7H8N2OS. The lowest BCUT2D eigenvalue weighted by Crippen LogP contribution is -2.13. The molecule has 1 heterocycles. The van der Waals surface area contributed by atoms with Gasteiger partial charge in [-0.05, 0) is 12.8 Å². The van der Waals surface area contributed by atoms with Crippen LogP contribution in [0.4, 0.5) is 0 Å². The second-order valence-electron chi connectivity index (χ2n) is 2.76. The molecule has 0 aromatic carbocycles. The van der Waals surface area contributed by atoms with Crippen LogP contribution in [0.3, 0.4) is 0 Å². The van der Waals surface area contributed by atoms with E-state index in [4.69, 9.17) is 5.41 Å². The van der Waals surface area contributed by atoms with Crippen molar-refractivity contribution in [3.05, 3.63) is 0 Å². The number of carbonyl (C=O) groups is 1. The van der Waals surface area contributed by atoms with Gasteiger partial charge in [0.2, 0.25) is 5.12 Å². The fourth-order valence-corrected chi connectivity index (χ4v) is 1.64. The Morgan fingerprint density at radius 1 is 1.55 bits per heavy atom. The van der Waals surface area contributed by atoms with E-state index < -0.39 is 0 Å². The number of nitrogens with one attached hydrogen (secondary N) is 1. The van der Waals surface area contributed by atoms with E-state index in [1.165, 1.54) is 11.8 Å². The average molecular weight is 168 g/mol. The van der Waals surface area contributed by atoms with Crippen molar-refractivity contribution in [3.63, 3.8) is 0 Å². The number of thioether (sulfide) groups is 1. The molecule has 0 aromatic rings. The van der Waals surface area contributed by atoms with Gasteiger partial charge < -0.3 is 5.41 Å². The SMILES string of the molecule is N=C1CSC(=O)C1=NC1CC1. The molecule has 4 heteroatoms. The Kier molecular flexibility index (Phi) is 1.56. The Hall–Kier alpha value is -0.640. The molecule has 1 aliphatic carbocycles. The Morgan fingerprint density at radius 3 is 2.73 bits per heavy atom. The molecule has 1 saturated carbocycles. The van der Waals surface area contributed by atoms with Gasteiger partial charge in [0.1, 0.15) is 5.71 Å². The molecule has 0 amide bonds. The highest BCUT2D eigenvalue weighted by Gasteiger charge is 2.29. The number of aliphatic imine (C=N–C) groups is 1. The van der Waals surface area contributed by atoms with E-state index in [0.717, 1.165) is 12.8 Å². The molecular weight excluding hydrogens is 160 g/mol. The van der Waals surface area contributed by atoms with Crippen molar-refractivity contribution in [2.75, 3.05) is 5.75 Å². The van der Waals surface area contributed by atoms with Crippen LogP contribution in [0.15, 0.2) is 4.99 Å². The smallest absolute Gasteiger partial charge is 0.239 e. The molecule has 0 bridgehead atoms. The Balaban J connectivity index is 2.20. The van der Waals surface area contributed by atoms with Crippen molar-refractivity contribution < 1.29 is 4.79 Å². The van der Waals surface area contributed by atoms with Gasteiger partial charge in [-0.15, -0.1) is 0 Å². The molecule has 3 nitrogen and oxygen atoms in total. The molecule has 2 fully saturated rings. The molecule has 2 aliphatic rings. The second kappa shape index (κ2) is 2.44. The molecule has 0 aromatic heterocycles. The lowest BCUT2D eigenvalue weighted by Gasteiger charge is -1.90. The van der Waals surface area contributed by atoms with Crippen molar-refractivity contribution in [3.8, 4) is 0 Å². The van der Waals surface area contributed by atoms with Gasteiger partial charge in [-0.2, -0.15) is 0 Å². The van der Waals surface area contributed by atoms with Gasteiger partial charge in [0.05, 0.1) is 11.8 Å². The zero-order valence-corrected chi connectivity index (χ0v) is 6.78. The standard InChI is InChI=1S/C7H8N2OS/c8-5-3-11-7(10)6(5)9-4-1-2-4/h4,8H,1-3H2. The van der Waals surface area contributed by atoms with E-state index in [-0.39, 0.29) is 5.12 Å². The third-order valence-corrected chi connectivity index (χ3v) is 2.57. The molecule has 0 radical (unpaired) electrons. The largest absolute Gasteiger partial charge is 0.302 e. The summed E-state index contributed by atoms with van der Waals surface area (Å²) < 4.78 is 0. The summed E-state index contributed by atoms with van der Waals surface area (Å²) in [7, 11) is 0. The second-order valence-corrected chi connectivity index (χ2v) is 3.71. The lowest BCUT2D eigenvalue weighted by molar-refractivity contribution is -0.105. The van der Waals surface area contributed by atoms with Crippen LogP contribution in [0, 0.1) is 5.41 Å². The van der Waals surface area contributed by atoms with E-state index in [1.54, 1.807) is 0 Å². The summed E-state index contributed by atoms with van der Waals surface area (Å²) in [5.41, 5.74) is 0.837. The van der Waals surface area contributed by atoms with Gasteiger partial charge in [-0.1, -0.05) is 11.8 Å². The first-order valence-electron chi connectivity index (χ1n) is 3.60. The molecule has 1 saturated heterocycles. The highest BCUT2D eigenvalue weighted by Crippen LogP contribution is 2.26. The molecule has 0 spiro atoms. The average Bonchev–Trinajstić information content (AvgIpc) is 2.73. The van der Waals surface area contributed by atoms with Crippen LogP contribution >= 0.6 is 11.8 Å². The summed E-state index contributed by atoms with van der Waals surface area (Å²) in [6, 6.07) is 0.355. The van der Waals surface area contributed by atoms with Crippen molar-refractivity contribution >= 4 is 28.3 Å². The molecule has 2 rings (SSSR count). The highest BCUT2D eigenvalue weighted by molar-refractivity contribution is 8.17. The lowest BCUT2D eigenvalue weighted by atomic mass is 10.3. The van der Waals surface area contributed by atoms with Crippen LogP contribution < -0.4 is 0 Å². The normalized spacial score (nSPS) is 28.5. The van der Waals surface area contributed by atoms with Gasteiger partial charge in [0, 0.05) is 5.75 Å². The molecule has 58 valence electrons. The molecule has 1 aliphatic heterocycles. The maximum atomic E-state index is 11.0.